The van der Waals surface area contributed by atoms with Crippen molar-refractivity contribution >= 4 is 62.1 Å². The quantitative estimate of drug-likeness (QED) is 0.158. The lowest BCUT2D eigenvalue weighted by atomic mass is 9.96. The fourth-order valence-corrected chi connectivity index (χ4v) is 5.09. The molecule has 0 aliphatic rings. The Kier molecular flexibility index (Phi) is 11.5. The highest BCUT2D eigenvalue weighted by atomic mass is 35.5. The van der Waals surface area contributed by atoms with Crippen LogP contribution >= 0.6 is 34.3 Å². The van der Waals surface area contributed by atoms with Crippen LogP contribution in [0.25, 0.3) is 10.6 Å². The molecule has 2 heterocycles. The molecule has 0 radical (unpaired) electrons. The molecular weight excluding hydrogens is 588 g/mol. The van der Waals surface area contributed by atoms with Crippen molar-refractivity contribution in [1.82, 2.24) is 9.97 Å². The van der Waals surface area contributed by atoms with E-state index in [4.69, 9.17) is 35.5 Å². The van der Waals surface area contributed by atoms with Crippen LogP contribution in [-0.4, -0.2) is 60.5 Å². The second-order valence-corrected chi connectivity index (χ2v) is 13.3. The van der Waals surface area contributed by atoms with Gasteiger partial charge in [0.25, 0.3) is 0 Å². The molecule has 0 atom stereocenters. The monoisotopic (exact) mass is 624 g/mol. The van der Waals surface area contributed by atoms with Crippen molar-refractivity contribution < 1.29 is 28.5 Å². The van der Waals surface area contributed by atoms with Crippen LogP contribution in [0.1, 0.15) is 47.2 Å². The minimum atomic E-state index is -0.539. The van der Waals surface area contributed by atoms with Gasteiger partial charge in [-0.1, -0.05) is 43.7 Å². The van der Waals surface area contributed by atoms with E-state index in [-0.39, 0.29) is 19.1 Å². The molecule has 0 bridgehead atoms. The molecule has 224 valence electrons. The van der Waals surface area contributed by atoms with E-state index in [1.807, 2.05) is 33.1 Å². The summed E-state index contributed by atoms with van der Waals surface area (Å²) in [5.74, 6) is 0.0911. The molecule has 2 aromatic heterocycles. The third-order valence-corrected chi connectivity index (χ3v) is 7.20. The first-order chi connectivity index (χ1) is 19.2. The Labute approximate surface area is 253 Å². The van der Waals surface area contributed by atoms with Crippen LogP contribution < -0.4 is 15.4 Å². The van der Waals surface area contributed by atoms with Crippen molar-refractivity contribution in [3.05, 3.63) is 34.3 Å². The Morgan fingerprint density at radius 3 is 2.39 bits per heavy atom. The van der Waals surface area contributed by atoms with Gasteiger partial charge in [0.05, 0.1) is 41.8 Å². The summed E-state index contributed by atoms with van der Waals surface area (Å²) in [6, 6.07) is 5.29. The SMILES string of the molecule is Cc1nc(NC(=O)C(C)(C)C)sc1-c1csc(Nc2cc(Cl)ccc2OCCOCCOCC(=O)OC(C)(C)C)n1. The average Bonchev–Trinajstić information content (AvgIpc) is 3.46. The molecule has 2 N–H and O–H groups in total. The first-order valence-electron chi connectivity index (χ1n) is 13.0. The zero-order valence-corrected chi connectivity index (χ0v) is 26.8. The maximum absolute atomic E-state index is 12.4. The van der Waals surface area contributed by atoms with Crippen molar-refractivity contribution in [1.29, 1.82) is 0 Å². The highest BCUT2D eigenvalue weighted by Crippen LogP contribution is 2.37. The highest BCUT2D eigenvalue weighted by molar-refractivity contribution is 7.20. The number of amides is 1. The number of hydrogen-bond donors (Lipinski definition) is 2. The van der Waals surface area contributed by atoms with Crippen LogP contribution in [0.5, 0.6) is 5.75 Å². The van der Waals surface area contributed by atoms with Gasteiger partial charge in [0.2, 0.25) is 5.91 Å². The summed E-state index contributed by atoms with van der Waals surface area (Å²) in [5, 5.41) is 9.85. The van der Waals surface area contributed by atoms with Gasteiger partial charge in [-0.25, -0.2) is 14.8 Å². The predicted octanol–water partition coefficient (Wildman–Crippen LogP) is 6.71. The molecule has 10 nitrogen and oxygen atoms in total. The Balaban J connectivity index is 1.50. The topological polar surface area (TPSA) is 121 Å². The van der Waals surface area contributed by atoms with Crippen molar-refractivity contribution in [3.63, 3.8) is 0 Å². The van der Waals surface area contributed by atoms with Crippen LogP contribution in [0.3, 0.4) is 0 Å². The van der Waals surface area contributed by atoms with Crippen molar-refractivity contribution in [3.8, 4) is 16.3 Å². The molecule has 13 heteroatoms. The van der Waals surface area contributed by atoms with Crippen molar-refractivity contribution in [2.24, 2.45) is 5.41 Å². The third-order valence-electron chi connectivity index (χ3n) is 5.12. The molecule has 1 aromatic carbocycles. The van der Waals surface area contributed by atoms with Gasteiger partial charge in [0, 0.05) is 15.8 Å². The molecule has 0 fully saturated rings. The molecule has 3 rings (SSSR count). The van der Waals surface area contributed by atoms with Gasteiger partial charge in [0.15, 0.2) is 10.3 Å². The number of benzene rings is 1. The molecule has 0 saturated carbocycles. The highest BCUT2D eigenvalue weighted by Gasteiger charge is 2.23. The van der Waals surface area contributed by atoms with Gasteiger partial charge in [-0.05, 0) is 45.9 Å². The largest absolute Gasteiger partial charge is 0.489 e. The molecule has 0 aliphatic heterocycles. The molecule has 1 amide bonds. The lowest BCUT2D eigenvalue weighted by Crippen LogP contribution is -2.27. The minimum Gasteiger partial charge on any atom is -0.489 e. The van der Waals surface area contributed by atoms with Crippen molar-refractivity contribution in [2.75, 3.05) is 43.7 Å². The van der Waals surface area contributed by atoms with E-state index in [0.29, 0.717) is 46.5 Å². The summed E-state index contributed by atoms with van der Waals surface area (Å²) >= 11 is 9.07. The second-order valence-electron chi connectivity index (χ2n) is 11.0. The number of nitrogens with zero attached hydrogens (tertiary/aromatic N) is 2. The van der Waals surface area contributed by atoms with E-state index in [2.05, 4.69) is 15.6 Å². The number of nitrogens with one attached hydrogen (secondary N) is 2. The molecule has 0 spiro atoms. The first kappa shape index (κ1) is 32.7. The van der Waals surface area contributed by atoms with E-state index < -0.39 is 17.0 Å². The third kappa shape index (κ3) is 10.9. The molecule has 41 heavy (non-hydrogen) atoms. The lowest BCUT2D eigenvalue weighted by molar-refractivity contribution is -0.160. The lowest BCUT2D eigenvalue weighted by Gasteiger charge is -2.19. The summed E-state index contributed by atoms with van der Waals surface area (Å²) < 4.78 is 21.9. The summed E-state index contributed by atoms with van der Waals surface area (Å²) in [6.07, 6.45) is 0. The van der Waals surface area contributed by atoms with Crippen molar-refractivity contribution in [2.45, 2.75) is 54.1 Å². The summed E-state index contributed by atoms with van der Waals surface area (Å²) in [4.78, 5) is 34.1. The standard InChI is InChI=1S/C28H37ClN4O6S2/c1-17-23(41-26(30-17)33-24(35)27(2,3)4)20-16-40-25(32-20)31-19-14-18(29)8-9-21(19)38-13-12-36-10-11-37-15-22(34)39-28(5,6)7/h8-9,14,16H,10-13,15H2,1-7H3,(H,31,32)(H,30,33,35). The molecule has 0 unspecified atom stereocenters. The van der Waals surface area contributed by atoms with Gasteiger partial charge in [-0.2, -0.15) is 0 Å². The normalized spacial score (nSPS) is 11.8. The van der Waals surface area contributed by atoms with Crippen LogP contribution in [0.4, 0.5) is 16.0 Å². The number of carbonyl (C=O) groups is 2. The fourth-order valence-electron chi connectivity index (χ4n) is 3.21. The minimum absolute atomic E-state index is 0.0937. The summed E-state index contributed by atoms with van der Waals surface area (Å²) in [5.41, 5.74) is 1.16. The van der Waals surface area contributed by atoms with Gasteiger partial charge < -0.3 is 29.6 Å². The number of halogens is 1. The predicted molar refractivity (Wildman–Crippen MR) is 164 cm³/mol. The van der Waals surface area contributed by atoms with Crippen LogP contribution in [0.2, 0.25) is 5.02 Å². The molecule has 0 saturated heterocycles. The van der Waals surface area contributed by atoms with Gasteiger partial charge in [-0.3, -0.25) is 4.79 Å². The first-order valence-corrected chi connectivity index (χ1v) is 15.1. The Morgan fingerprint density at radius 2 is 1.68 bits per heavy atom. The Bertz CT molecular complexity index is 1330. The van der Waals surface area contributed by atoms with Crippen LogP contribution in [0, 0.1) is 12.3 Å². The number of aryl methyl sites for hydroxylation is 1. The van der Waals surface area contributed by atoms with E-state index in [0.717, 1.165) is 16.3 Å². The number of anilines is 3. The second kappa shape index (κ2) is 14.4. The summed E-state index contributed by atoms with van der Waals surface area (Å²) in [6.45, 7) is 14.0. The number of esters is 1. The Hall–Kier alpha value is -2.77. The van der Waals surface area contributed by atoms with E-state index in [1.54, 1.807) is 39.0 Å². The molecule has 3 aromatic rings. The fraction of sp³-hybridized carbons (Fsp3) is 0.500. The maximum Gasteiger partial charge on any atom is 0.332 e. The van der Waals surface area contributed by atoms with E-state index in [1.165, 1.54) is 22.7 Å². The number of ether oxygens (including phenoxy) is 4. The van der Waals surface area contributed by atoms with Gasteiger partial charge in [0.1, 0.15) is 24.6 Å². The number of rotatable bonds is 13. The van der Waals surface area contributed by atoms with Crippen LogP contribution in [-0.2, 0) is 23.8 Å². The molecule has 0 aliphatic carbocycles. The van der Waals surface area contributed by atoms with E-state index in [9.17, 15) is 9.59 Å². The summed E-state index contributed by atoms with van der Waals surface area (Å²) in [7, 11) is 0. The van der Waals surface area contributed by atoms with Crippen LogP contribution in [0.15, 0.2) is 23.6 Å². The average molecular weight is 625 g/mol. The smallest absolute Gasteiger partial charge is 0.332 e. The molecular formula is C28H37ClN4O6S2. The van der Waals surface area contributed by atoms with Gasteiger partial charge >= 0.3 is 5.97 Å². The number of hydrogen-bond acceptors (Lipinski definition) is 11. The number of carbonyl (C=O) groups excluding carboxylic acids is 2. The van der Waals surface area contributed by atoms with E-state index >= 15 is 0 Å². The zero-order chi connectivity index (χ0) is 30.2. The maximum atomic E-state index is 12.4. The Morgan fingerprint density at radius 1 is 0.976 bits per heavy atom. The van der Waals surface area contributed by atoms with Gasteiger partial charge in [-0.15, -0.1) is 11.3 Å². The number of aromatic nitrogens is 2. The zero-order valence-electron chi connectivity index (χ0n) is 24.4. The number of thiazole rings is 2.